The molecule has 3 rings (SSSR count). The Balaban J connectivity index is -0.000000167. The molecule has 47 heavy (non-hydrogen) atoms. The van der Waals surface area contributed by atoms with Crippen LogP contribution >= 0.6 is 113 Å². The number of aliphatic carboxylic acids is 2. The Morgan fingerprint density at radius 2 is 1.09 bits per heavy atom. The minimum absolute atomic E-state index is 0. The third-order valence-corrected chi connectivity index (χ3v) is 9.22. The van der Waals surface area contributed by atoms with E-state index in [1.807, 2.05) is 58.9 Å². The first-order valence-corrected chi connectivity index (χ1v) is 19.2. The zero-order chi connectivity index (χ0) is 33.4. The van der Waals surface area contributed by atoms with Crippen LogP contribution in [0.2, 0.25) is 0 Å². The van der Waals surface area contributed by atoms with Gasteiger partial charge >= 0.3 is 115 Å². The summed E-state index contributed by atoms with van der Waals surface area (Å²) < 4.78 is 3.32. The van der Waals surface area contributed by atoms with Gasteiger partial charge < -0.3 is 40.5 Å². The minimum atomic E-state index is -0.775. The van der Waals surface area contributed by atoms with Gasteiger partial charge in [0.2, 0.25) is 0 Å². The molecule has 0 aromatic heterocycles. The molecule has 3 N–H and O–H groups in total. The number of hydrogen-bond acceptors (Lipinski definition) is 12. The van der Waals surface area contributed by atoms with E-state index in [1.54, 1.807) is 11.8 Å². The van der Waals surface area contributed by atoms with Gasteiger partial charge in [0.1, 0.15) is 3.53 Å². The van der Waals surface area contributed by atoms with Crippen LogP contribution in [0.5, 0.6) is 0 Å². The van der Waals surface area contributed by atoms with E-state index < -0.39 is 11.9 Å². The smallest absolute Gasteiger partial charge is 0.870 e. The van der Waals surface area contributed by atoms with Crippen LogP contribution in [0.15, 0.2) is 91.0 Å². The predicted molar refractivity (Wildman–Crippen MR) is 220 cm³/mol. The number of benzene rings is 3. The molecular weight excluding hydrogens is 887 g/mol. The molecule has 3 aromatic rings. The zero-order valence-electron chi connectivity index (χ0n) is 25.9. The second kappa shape index (κ2) is 44.5. The fourth-order valence-electron chi connectivity index (χ4n) is 2.36. The number of alkyl halides is 1. The molecule has 3 aromatic carbocycles. The van der Waals surface area contributed by atoms with Crippen LogP contribution in [0.25, 0.3) is 0 Å². The number of thiol groups is 1. The molecule has 0 saturated carbocycles. The predicted octanol–water partition coefficient (Wildman–Crippen LogP) is 3.99. The molecule has 0 aliphatic heterocycles. The molecular formula is C30H33BrK2O5S9. The molecule has 246 valence electrons. The van der Waals surface area contributed by atoms with Gasteiger partial charge in [0.15, 0.2) is 0 Å². The monoisotopic (exact) mass is 918 g/mol. The first-order chi connectivity index (χ1) is 21.1. The molecule has 0 bridgehead atoms. The molecule has 0 aliphatic rings. The number of carbonyl (C=O) groups is 2. The largest absolute Gasteiger partial charge is 1.00 e. The van der Waals surface area contributed by atoms with E-state index in [0.717, 1.165) is 20.8 Å². The van der Waals surface area contributed by atoms with Gasteiger partial charge in [0.05, 0.1) is 12.8 Å². The van der Waals surface area contributed by atoms with E-state index in [-0.39, 0.29) is 121 Å². The second-order valence-corrected chi connectivity index (χ2v) is 15.2. The Morgan fingerprint density at radius 3 is 1.36 bits per heavy atom. The summed E-state index contributed by atoms with van der Waals surface area (Å²) in [7, 11) is 0. The maximum atomic E-state index is 10.3. The maximum Gasteiger partial charge on any atom is 1.00 e. The molecule has 0 atom stereocenters. The first-order valence-electron chi connectivity index (χ1n) is 12.4. The Labute approximate surface area is 417 Å². The summed E-state index contributed by atoms with van der Waals surface area (Å²) in [6.45, 7) is 0. The summed E-state index contributed by atoms with van der Waals surface area (Å²) in [6, 6.07) is 30.4. The van der Waals surface area contributed by atoms with Crippen molar-refractivity contribution < 1.29 is 128 Å². The van der Waals surface area contributed by atoms with Crippen LogP contribution in [-0.4, -0.2) is 50.1 Å². The van der Waals surface area contributed by atoms with E-state index in [2.05, 4.69) is 89.4 Å². The normalized spacial score (nSPS) is 8.38. The van der Waals surface area contributed by atoms with Crippen molar-refractivity contribution in [1.82, 2.24) is 0 Å². The van der Waals surface area contributed by atoms with Gasteiger partial charge in [0.25, 0.3) is 0 Å². The van der Waals surface area contributed by atoms with Crippen LogP contribution in [0.3, 0.4) is 0 Å². The molecule has 0 radical (unpaired) electrons. The van der Waals surface area contributed by atoms with E-state index in [4.69, 9.17) is 47.3 Å². The molecule has 0 fully saturated rings. The minimum Gasteiger partial charge on any atom is -0.870 e. The SMILES string of the molecule is O=C(O)CCBr.O=C(O)CCSC(=S)SCc1ccccc1.S=C([S-])SCc1ccccc1.S=C=S.SCc1ccccc1.[K+].[K+].[OH-]. The number of carboxylic acid groups (broad SMARTS) is 2. The van der Waals surface area contributed by atoms with Crippen molar-refractivity contribution in [3.05, 3.63) is 108 Å². The van der Waals surface area contributed by atoms with Crippen molar-refractivity contribution in [3.8, 4) is 0 Å². The average Bonchev–Trinajstić information content (AvgIpc) is 3.01. The number of rotatable bonds is 10. The molecule has 0 saturated heterocycles. The van der Waals surface area contributed by atoms with Gasteiger partial charge in [-0.3, -0.25) is 9.59 Å². The van der Waals surface area contributed by atoms with Crippen LogP contribution in [0.1, 0.15) is 29.5 Å². The Bertz CT molecular complexity index is 1230. The van der Waals surface area contributed by atoms with Crippen molar-refractivity contribution in [2.24, 2.45) is 0 Å². The van der Waals surface area contributed by atoms with Crippen LogP contribution < -0.4 is 103 Å². The first kappa shape index (κ1) is 58.6. The van der Waals surface area contributed by atoms with Crippen molar-refractivity contribution in [2.45, 2.75) is 30.1 Å². The fourth-order valence-corrected chi connectivity index (χ4v) is 5.85. The van der Waals surface area contributed by atoms with E-state index in [0.29, 0.717) is 14.6 Å². The summed E-state index contributed by atoms with van der Waals surface area (Å²) in [5.41, 5.74) is 3.77. The number of thioether (sulfide) groups is 3. The van der Waals surface area contributed by atoms with E-state index in [9.17, 15) is 9.59 Å². The summed E-state index contributed by atoms with van der Waals surface area (Å²) in [5, 5.41) is 16.9. The Morgan fingerprint density at radius 1 is 0.723 bits per heavy atom. The summed E-state index contributed by atoms with van der Waals surface area (Å²) >= 11 is 34.2. The summed E-state index contributed by atoms with van der Waals surface area (Å²) in [5.74, 6) is 1.59. The Hall–Kier alpha value is 2.33. The topological polar surface area (TPSA) is 105 Å². The van der Waals surface area contributed by atoms with Gasteiger partial charge in [-0.2, -0.15) is 12.6 Å². The maximum absolute atomic E-state index is 10.3. The number of carboxylic acids is 2. The van der Waals surface area contributed by atoms with Gasteiger partial charge in [0, 0.05) is 32.7 Å². The van der Waals surface area contributed by atoms with Crippen molar-refractivity contribution >= 4 is 149 Å². The van der Waals surface area contributed by atoms with Gasteiger partial charge in [-0.05, 0) is 41.1 Å². The number of hydrogen-bond donors (Lipinski definition) is 3. The third-order valence-electron chi connectivity index (χ3n) is 4.27. The van der Waals surface area contributed by atoms with E-state index >= 15 is 0 Å². The number of halogens is 1. The van der Waals surface area contributed by atoms with Gasteiger partial charge in [-0.25, -0.2) is 0 Å². The van der Waals surface area contributed by atoms with Crippen LogP contribution in [-0.2, 0) is 39.5 Å². The zero-order valence-corrected chi connectivity index (χ0v) is 41.1. The van der Waals surface area contributed by atoms with Crippen LogP contribution in [0.4, 0.5) is 0 Å². The third kappa shape index (κ3) is 46.3. The molecule has 0 unspecified atom stereocenters. The second-order valence-electron chi connectivity index (χ2n) is 7.60. The average molecular weight is 920 g/mol. The van der Waals surface area contributed by atoms with Gasteiger partial charge in [-0.1, -0.05) is 123 Å². The molecule has 0 spiro atoms. The van der Waals surface area contributed by atoms with Gasteiger partial charge in [-0.15, -0.1) is 35.3 Å². The molecule has 17 heteroatoms. The summed E-state index contributed by atoms with van der Waals surface area (Å²) in [6.07, 6.45) is 0.372. The molecule has 0 amide bonds. The molecule has 5 nitrogen and oxygen atoms in total. The van der Waals surface area contributed by atoms with Crippen LogP contribution in [0, 0.1) is 0 Å². The quantitative estimate of drug-likeness (QED) is 0.0900. The summed E-state index contributed by atoms with van der Waals surface area (Å²) in [4.78, 5) is 19.9. The number of thiocarbonyl (C=S) groups is 4. The Kier molecular flexibility index (Phi) is 55.5. The van der Waals surface area contributed by atoms with Crippen molar-refractivity contribution in [2.75, 3.05) is 11.1 Å². The van der Waals surface area contributed by atoms with Crippen molar-refractivity contribution in [1.29, 1.82) is 0 Å². The van der Waals surface area contributed by atoms with Crippen molar-refractivity contribution in [3.63, 3.8) is 0 Å². The fraction of sp³-hybridized carbons (Fsp3) is 0.233. The molecule has 0 heterocycles. The standard InChI is InChI=1S/C11H12O2S3.C8H8S3.C7H8S.C3H5BrO2.CS2.2K.H2O/c12-10(13)6-7-15-11(14)16-8-9-4-2-1-3-5-9;9-8(10)11-6-7-4-2-1-3-5-7;8-6-7-4-2-1-3-5-7;4-2-1-3(5)6;2-1-3;;;/h1-5H,6-8H2,(H,12,13);1-5H,6H2,(H,9,10);1-5,8H,6H2;1-2H2,(H,5,6);;;;1H2/q;;;;;2*+1;/p-2. The van der Waals surface area contributed by atoms with E-state index in [1.165, 1.54) is 40.2 Å². The molecule has 0 aliphatic carbocycles.